The third-order valence-electron chi connectivity index (χ3n) is 3.19. The Bertz CT molecular complexity index is 476. The highest BCUT2D eigenvalue weighted by atomic mass is 19.1. The van der Waals surface area contributed by atoms with Gasteiger partial charge < -0.3 is 10.0 Å². The molecule has 0 aliphatic carbocycles. The first-order valence-corrected chi connectivity index (χ1v) is 6.03. The molecule has 1 rings (SSSR count). The molecule has 0 aromatic heterocycles. The third kappa shape index (κ3) is 3.10. The molecule has 0 fully saturated rings. The van der Waals surface area contributed by atoms with Crippen molar-refractivity contribution < 1.29 is 19.1 Å². The number of amides is 1. The Balaban J connectivity index is 3.17. The van der Waals surface area contributed by atoms with Crippen LogP contribution in [-0.4, -0.2) is 34.0 Å². The lowest BCUT2D eigenvalue weighted by Gasteiger charge is -2.38. The SMILES string of the molecule is CC(C)N(C=O)C(C)(Cc1ccccc1F)C(=O)O. The molecule has 0 spiro atoms. The van der Waals surface area contributed by atoms with Gasteiger partial charge in [-0.25, -0.2) is 9.18 Å². The molecular weight excluding hydrogens is 249 g/mol. The number of nitrogens with zero attached hydrogens (tertiary/aromatic N) is 1. The molecule has 1 aromatic rings. The van der Waals surface area contributed by atoms with Crippen molar-refractivity contribution in [1.82, 2.24) is 4.90 Å². The first-order chi connectivity index (χ1) is 8.82. The summed E-state index contributed by atoms with van der Waals surface area (Å²) in [6.45, 7) is 4.87. The lowest BCUT2D eigenvalue weighted by atomic mass is 9.90. The summed E-state index contributed by atoms with van der Waals surface area (Å²) in [6, 6.07) is 5.70. The largest absolute Gasteiger partial charge is 0.479 e. The predicted octanol–water partition coefficient (Wildman–Crippen LogP) is 2.08. The highest BCUT2D eigenvalue weighted by Gasteiger charge is 2.41. The number of aliphatic carboxylic acids is 1. The van der Waals surface area contributed by atoms with Crippen LogP contribution in [0.1, 0.15) is 26.3 Å². The summed E-state index contributed by atoms with van der Waals surface area (Å²) < 4.78 is 13.7. The Morgan fingerprint density at radius 3 is 2.47 bits per heavy atom. The smallest absolute Gasteiger partial charge is 0.329 e. The molecule has 1 aromatic carbocycles. The molecule has 0 saturated carbocycles. The second-order valence-electron chi connectivity index (χ2n) is 4.95. The van der Waals surface area contributed by atoms with Gasteiger partial charge in [-0.3, -0.25) is 4.79 Å². The number of carboxylic acids is 1. The van der Waals surface area contributed by atoms with Crippen LogP contribution in [0.4, 0.5) is 4.39 Å². The summed E-state index contributed by atoms with van der Waals surface area (Å²) in [4.78, 5) is 23.9. The lowest BCUT2D eigenvalue weighted by Crippen LogP contribution is -2.56. The van der Waals surface area contributed by atoms with Crippen molar-refractivity contribution in [3.05, 3.63) is 35.6 Å². The van der Waals surface area contributed by atoms with Crippen LogP contribution < -0.4 is 0 Å². The van der Waals surface area contributed by atoms with Crippen molar-refractivity contribution in [1.29, 1.82) is 0 Å². The second kappa shape index (κ2) is 5.82. The van der Waals surface area contributed by atoms with Gasteiger partial charge in [0.15, 0.2) is 0 Å². The third-order valence-corrected chi connectivity index (χ3v) is 3.19. The molecule has 0 radical (unpaired) electrons. The van der Waals surface area contributed by atoms with E-state index in [2.05, 4.69) is 0 Å². The zero-order chi connectivity index (χ0) is 14.6. The van der Waals surface area contributed by atoms with E-state index in [1.165, 1.54) is 30.0 Å². The maximum atomic E-state index is 13.7. The van der Waals surface area contributed by atoms with E-state index in [0.717, 1.165) is 0 Å². The number of carbonyl (C=O) groups is 2. The first kappa shape index (κ1) is 15.1. The van der Waals surface area contributed by atoms with Gasteiger partial charge in [0, 0.05) is 12.5 Å². The van der Waals surface area contributed by atoms with Crippen molar-refractivity contribution in [2.24, 2.45) is 0 Å². The zero-order valence-corrected chi connectivity index (χ0v) is 11.3. The van der Waals surface area contributed by atoms with E-state index < -0.39 is 17.3 Å². The number of hydrogen-bond donors (Lipinski definition) is 1. The Hall–Kier alpha value is -1.91. The van der Waals surface area contributed by atoms with Crippen LogP contribution in [0.15, 0.2) is 24.3 Å². The Morgan fingerprint density at radius 1 is 1.47 bits per heavy atom. The fraction of sp³-hybridized carbons (Fsp3) is 0.429. The van der Waals surface area contributed by atoms with Gasteiger partial charge in [-0.1, -0.05) is 18.2 Å². The molecule has 104 valence electrons. The van der Waals surface area contributed by atoms with Crippen molar-refractivity contribution >= 4 is 12.4 Å². The van der Waals surface area contributed by atoms with Gasteiger partial charge in [-0.15, -0.1) is 0 Å². The van der Waals surface area contributed by atoms with Crippen LogP contribution in [0.5, 0.6) is 0 Å². The molecule has 4 nitrogen and oxygen atoms in total. The van der Waals surface area contributed by atoms with Crippen LogP contribution in [-0.2, 0) is 16.0 Å². The summed E-state index contributed by atoms with van der Waals surface area (Å²) in [7, 11) is 0. The van der Waals surface area contributed by atoms with E-state index in [0.29, 0.717) is 6.41 Å². The fourth-order valence-corrected chi connectivity index (χ4v) is 2.10. The minimum absolute atomic E-state index is 0.0775. The lowest BCUT2D eigenvalue weighted by molar-refractivity contribution is -0.155. The highest BCUT2D eigenvalue weighted by molar-refractivity contribution is 5.81. The van der Waals surface area contributed by atoms with E-state index in [9.17, 15) is 19.1 Å². The standard InChI is InChI=1S/C14H18FNO3/c1-10(2)16(9-17)14(3,13(18)19)8-11-6-4-5-7-12(11)15/h4-7,9-10H,8H2,1-3H3,(H,18,19). The Labute approximate surface area is 111 Å². The summed E-state index contributed by atoms with van der Waals surface area (Å²) in [5.41, 5.74) is -1.20. The van der Waals surface area contributed by atoms with E-state index in [-0.39, 0.29) is 18.0 Å². The molecule has 0 aliphatic heterocycles. The fourth-order valence-electron chi connectivity index (χ4n) is 2.10. The second-order valence-corrected chi connectivity index (χ2v) is 4.95. The van der Waals surface area contributed by atoms with Gasteiger partial charge in [-0.05, 0) is 32.4 Å². The molecule has 0 saturated heterocycles. The summed E-state index contributed by atoms with van der Waals surface area (Å²) in [6.07, 6.45) is 0.422. The van der Waals surface area contributed by atoms with E-state index in [4.69, 9.17) is 0 Å². The van der Waals surface area contributed by atoms with Gasteiger partial charge >= 0.3 is 5.97 Å². The number of halogens is 1. The number of hydrogen-bond acceptors (Lipinski definition) is 2. The summed E-state index contributed by atoms with van der Waals surface area (Å²) in [5, 5.41) is 9.41. The summed E-state index contributed by atoms with van der Waals surface area (Å²) in [5.74, 6) is -1.62. The monoisotopic (exact) mass is 267 g/mol. The van der Waals surface area contributed by atoms with E-state index >= 15 is 0 Å². The molecule has 1 N–H and O–H groups in total. The number of rotatable bonds is 6. The van der Waals surface area contributed by atoms with Crippen LogP contribution in [0.25, 0.3) is 0 Å². The van der Waals surface area contributed by atoms with Crippen molar-refractivity contribution in [2.45, 2.75) is 38.8 Å². The Kier molecular flexibility index (Phi) is 4.64. The molecule has 5 heteroatoms. The normalized spacial score (nSPS) is 13.9. The minimum atomic E-state index is -1.47. The van der Waals surface area contributed by atoms with E-state index in [1.807, 2.05) is 0 Å². The average molecular weight is 267 g/mol. The van der Waals surface area contributed by atoms with E-state index in [1.54, 1.807) is 19.9 Å². The quantitative estimate of drug-likeness (QED) is 0.803. The van der Waals surface area contributed by atoms with Gasteiger partial charge in [-0.2, -0.15) is 0 Å². The minimum Gasteiger partial charge on any atom is -0.479 e. The molecule has 1 amide bonds. The predicted molar refractivity (Wildman–Crippen MR) is 69.2 cm³/mol. The number of carboxylic acid groups (broad SMARTS) is 1. The maximum Gasteiger partial charge on any atom is 0.329 e. The first-order valence-electron chi connectivity index (χ1n) is 6.03. The molecule has 1 unspecified atom stereocenters. The molecule has 0 heterocycles. The van der Waals surface area contributed by atoms with Crippen molar-refractivity contribution in [2.75, 3.05) is 0 Å². The van der Waals surface area contributed by atoms with Crippen LogP contribution >= 0.6 is 0 Å². The maximum absolute atomic E-state index is 13.7. The topological polar surface area (TPSA) is 57.6 Å². The van der Waals surface area contributed by atoms with Crippen LogP contribution in [0.3, 0.4) is 0 Å². The van der Waals surface area contributed by atoms with Crippen LogP contribution in [0, 0.1) is 5.82 Å². The molecule has 19 heavy (non-hydrogen) atoms. The van der Waals surface area contributed by atoms with Gasteiger partial charge in [0.2, 0.25) is 6.41 Å². The van der Waals surface area contributed by atoms with Gasteiger partial charge in [0.1, 0.15) is 11.4 Å². The molecule has 1 atom stereocenters. The number of carbonyl (C=O) groups excluding carboxylic acids is 1. The number of benzene rings is 1. The Morgan fingerprint density at radius 2 is 2.05 bits per heavy atom. The zero-order valence-electron chi connectivity index (χ0n) is 11.3. The summed E-state index contributed by atoms with van der Waals surface area (Å²) >= 11 is 0. The molecule has 0 bridgehead atoms. The van der Waals surface area contributed by atoms with Gasteiger partial charge in [0.05, 0.1) is 0 Å². The van der Waals surface area contributed by atoms with Crippen LogP contribution in [0.2, 0.25) is 0 Å². The molecular formula is C14H18FNO3. The van der Waals surface area contributed by atoms with Crippen molar-refractivity contribution in [3.63, 3.8) is 0 Å². The molecule has 0 aliphatic rings. The van der Waals surface area contributed by atoms with Gasteiger partial charge in [0.25, 0.3) is 0 Å². The average Bonchev–Trinajstić information content (AvgIpc) is 2.32. The van der Waals surface area contributed by atoms with Crippen molar-refractivity contribution in [3.8, 4) is 0 Å². The highest BCUT2D eigenvalue weighted by Crippen LogP contribution is 2.24.